The van der Waals surface area contributed by atoms with Gasteiger partial charge in [0, 0.05) is 56.1 Å². The van der Waals surface area contributed by atoms with Gasteiger partial charge >= 0.3 is 23.9 Å². The predicted octanol–water partition coefficient (Wildman–Crippen LogP) is 7.85. The molecule has 5 aliphatic rings. The first-order valence-corrected chi connectivity index (χ1v) is 23.1. The number of rotatable bonds is 10. The smallest absolute Gasteiger partial charge is 0.312 e. The summed E-state index contributed by atoms with van der Waals surface area (Å²) in [4.78, 5) is 56.5. The highest BCUT2D eigenvalue weighted by Gasteiger charge is 2.49. The fourth-order valence-corrected chi connectivity index (χ4v) is 12.9. The maximum Gasteiger partial charge on any atom is 0.312 e. The number of hydrogen-bond donors (Lipinski definition) is 4. The molecule has 0 spiro atoms. The Morgan fingerprint density at radius 3 is 0.633 bits per heavy atom. The highest BCUT2D eigenvalue weighted by molar-refractivity contribution is 5.76. The van der Waals surface area contributed by atoms with E-state index in [1.54, 1.807) is 0 Å². The van der Waals surface area contributed by atoms with Crippen LogP contribution in [0.1, 0.15) is 188 Å². The number of carbonyl (C=O) groups excluding carboxylic acids is 4. The van der Waals surface area contributed by atoms with Crippen LogP contribution in [-0.2, 0) is 38.1 Å². The molecule has 4 heterocycles. The molecule has 0 radical (unpaired) electrons. The first kappa shape index (κ1) is 48.7. The van der Waals surface area contributed by atoms with Crippen molar-refractivity contribution in [3.8, 4) is 0 Å². The SMILES string of the molecule is CC1(C)CC(C(=O)OC(OC(=O)C2CC(C)(C)NC(C)(C)C2)C2CCC(C(OC(=O)C3CC(C)(C)NC(C)(C)C3)OC(=O)C3CC(C)(C)NC(C)(C)C3)CC2)CC(C)(C)N1. The van der Waals surface area contributed by atoms with Crippen molar-refractivity contribution in [2.75, 3.05) is 0 Å². The lowest BCUT2D eigenvalue weighted by Gasteiger charge is -2.47. The Bertz CT molecular complexity index is 1310. The zero-order valence-corrected chi connectivity index (χ0v) is 40.4. The van der Waals surface area contributed by atoms with Gasteiger partial charge in [0.1, 0.15) is 0 Å². The van der Waals surface area contributed by atoms with Crippen LogP contribution in [0.5, 0.6) is 0 Å². The van der Waals surface area contributed by atoms with Crippen LogP contribution in [0.15, 0.2) is 0 Å². The summed E-state index contributed by atoms with van der Waals surface area (Å²) in [5.74, 6) is -3.35. The Kier molecular flexibility index (Phi) is 13.8. The molecule has 344 valence electrons. The summed E-state index contributed by atoms with van der Waals surface area (Å²) in [5, 5.41) is 14.6. The van der Waals surface area contributed by atoms with Crippen LogP contribution in [0.4, 0.5) is 0 Å². The number of esters is 4. The first-order chi connectivity index (χ1) is 27.1. The van der Waals surface area contributed by atoms with Crippen LogP contribution >= 0.6 is 0 Å². The lowest BCUT2D eigenvalue weighted by molar-refractivity contribution is -0.219. The summed E-state index contributed by atoms with van der Waals surface area (Å²) in [6.07, 6.45) is 4.87. The molecule has 0 aromatic rings. The molecule has 0 aromatic carbocycles. The van der Waals surface area contributed by atoms with E-state index in [9.17, 15) is 19.2 Å². The summed E-state index contributed by atoms with van der Waals surface area (Å²) in [6, 6.07) is 0. The van der Waals surface area contributed by atoms with Gasteiger partial charge in [0.15, 0.2) is 0 Å². The third kappa shape index (κ3) is 13.4. The third-order valence-electron chi connectivity index (χ3n) is 13.6. The van der Waals surface area contributed by atoms with Gasteiger partial charge in [-0.1, -0.05) is 0 Å². The zero-order chi connectivity index (χ0) is 45.1. The number of carbonyl (C=O) groups is 4. The van der Waals surface area contributed by atoms with Gasteiger partial charge in [-0.25, -0.2) is 0 Å². The van der Waals surface area contributed by atoms with Gasteiger partial charge in [0.2, 0.25) is 12.6 Å². The zero-order valence-electron chi connectivity index (χ0n) is 40.4. The van der Waals surface area contributed by atoms with E-state index in [0.717, 1.165) is 0 Å². The molecule has 12 nitrogen and oxygen atoms in total. The maximum absolute atomic E-state index is 14.1. The molecular formula is C48H84N4O8. The molecule has 1 saturated carbocycles. The van der Waals surface area contributed by atoms with Crippen LogP contribution in [0.3, 0.4) is 0 Å². The summed E-state index contributed by atoms with van der Waals surface area (Å²) in [7, 11) is 0. The van der Waals surface area contributed by atoms with Crippen LogP contribution in [0.2, 0.25) is 0 Å². The van der Waals surface area contributed by atoms with Gasteiger partial charge in [-0.2, -0.15) is 0 Å². The van der Waals surface area contributed by atoms with Gasteiger partial charge in [-0.05, 0) is 188 Å². The minimum absolute atomic E-state index is 0.273. The van der Waals surface area contributed by atoms with Crippen LogP contribution in [-0.4, -0.2) is 80.8 Å². The van der Waals surface area contributed by atoms with Gasteiger partial charge < -0.3 is 40.2 Å². The maximum atomic E-state index is 14.1. The van der Waals surface area contributed by atoms with E-state index in [-0.39, 0.29) is 104 Å². The minimum Gasteiger partial charge on any atom is -0.425 e. The fraction of sp³-hybridized carbons (Fsp3) is 0.917. The second kappa shape index (κ2) is 17.0. The quantitative estimate of drug-likeness (QED) is 0.125. The molecule has 12 heteroatoms. The van der Waals surface area contributed by atoms with Crippen molar-refractivity contribution in [1.82, 2.24) is 21.3 Å². The van der Waals surface area contributed by atoms with Crippen molar-refractivity contribution < 1.29 is 38.1 Å². The van der Waals surface area contributed by atoms with Crippen molar-refractivity contribution in [2.24, 2.45) is 35.5 Å². The Morgan fingerprint density at radius 2 is 0.483 bits per heavy atom. The van der Waals surface area contributed by atoms with E-state index in [4.69, 9.17) is 18.9 Å². The molecule has 5 fully saturated rings. The second-order valence-corrected chi connectivity index (χ2v) is 25.2. The van der Waals surface area contributed by atoms with E-state index in [1.165, 1.54) is 0 Å². The van der Waals surface area contributed by atoms with Gasteiger partial charge in [-0.15, -0.1) is 0 Å². The van der Waals surface area contributed by atoms with Crippen LogP contribution < -0.4 is 21.3 Å². The number of piperidine rings is 4. The molecule has 4 saturated heterocycles. The molecule has 4 aliphatic heterocycles. The molecule has 0 amide bonds. The minimum atomic E-state index is -1.06. The van der Waals surface area contributed by atoms with Crippen molar-refractivity contribution in [3.05, 3.63) is 0 Å². The van der Waals surface area contributed by atoms with Crippen molar-refractivity contribution >= 4 is 23.9 Å². The Labute approximate surface area is 362 Å². The van der Waals surface area contributed by atoms with Crippen LogP contribution in [0.25, 0.3) is 0 Å². The molecule has 4 N–H and O–H groups in total. The van der Waals surface area contributed by atoms with Gasteiger partial charge in [0.25, 0.3) is 0 Å². The summed E-state index contributed by atoms with van der Waals surface area (Å²) >= 11 is 0. The standard InChI is InChI=1S/C48H84N4O8/c1-41(2)21-31(22-42(3,4)49-41)35(53)57-39(58-36(54)32-23-43(5,6)50-44(7,8)24-32)29-17-19-30(20-18-29)40(59-37(55)33-25-45(9,10)51-46(11,12)26-33)60-38(56)34-27-47(13,14)52-48(15,16)28-34/h29-34,39-40,49-52H,17-28H2,1-16H3. The topological polar surface area (TPSA) is 153 Å². The molecule has 5 rings (SSSR count). The van der Waals surface area contributed by atoms with E-state index in [0.29, 0.717) is 77.0 Å². The molecule has 0 atom stereocenters. The largest absolute Gasteiger partial charge is 0.425 e. The monoisotopic (exact) mass is 845 g/mol. The Balaban J connectivity index is 1.36. The number of nitrogens with one attached hydrogen (secondary N) is 4. The molecule has 1 aliphatic carbocycles. The molecular weight excluding hydrogens is 761 g/mol. The lowest BCUT2D eigenvalue weighted by atomic mass is 9.75. The van der Waals surface area contributed by atoms with Gasteiger partial charge in [-0.3, -0.25) is 19.2 Å². The van der Waals surface area contributed by atoms with Crippen molar-refractivity contribution in [3.63, 3.8) is 0 Å². The van der Waals surface area contributed by atoms with E-state index in [2.05, 4.69) is 132 Å². The second-order valence-electron chi connectivity index (χ2n) is 25.2. The highest BCUT2D eigenvalue weighted by atomic mass is 16.7. The first-order valence-electron chi connectivity index (χ1n) is 23.1. The number of ether oxygens (including phenoxy) is 4. The lowest BCUT2D eigenvalue weighted by Crippen LogP contribution is -2.59. The average molecular weight is 845 g/mol. The van der Waals surface area contributed by atoms with E-state index in [1.807, 2.05) is 0 Å². The molecule has 0 unspecified atom stereocenters. The third-order valence-corrected chi connectivity index (χ3v) is 13.6. The van der Waals surface area contributed by atoms with E-state index >= 15 is 0 Å². The molecule has 0 aromatic heterocycles. The normalized spacial score (nSPS) is 30.0. The van der Waals surface area contributed by atoms with Gasteiger partial charge in [0.05, 0.1) is 23.7 Å². The molecule has 0 bridgehead atoms. The fourth-order valence-electron chi connectivity index (χ4n) is 12.9. The average Bonchev–Trinajstić information content (AvgIpc) is 3.02. The van der Waals surface area contributed by atoms with E-state index < -0.39 is 12.6 Å². The Morgan fingerprint density at radius 1 is 0.333 bits per heavy atom. The Hall–Kier alpha value is -2.28. The summed E-state index contributed by atoms with van der Waals surface area (Å²) in [5.41, 5.74) is -2.18. The predicted molar refractivity (Wildman–Crippen MR) is 233 cm³/mol. The van der Waals surface area contributed by atoms with Crippen molar-refractivity contribution in [2.45, 2.75) is 245 Å². The summed E-state index contributed by atoms with van der Waals surface area (Å²) in [6.45, 7) is 33.6. The highest BCUT2D eigenvalue weighted by Crippen LogP contribution is 2.42. The van der Waals surface area contributed by atoms with Crippen molar-refractivity contribution in [1.29, 1.82) is 0 Å². The summed E-state index contributed by atoms with van der Waals surface area (Å²) < 4.78 is 25.3. The number of hydrogen-bond acceptors (Lipinski definition) is 12. The molecule has 60 heavy (non-hydrogen) atoms. The van der Waals surface area contributed by atoms with Crippen LogP contribution in [0, 0.1) is 35.5 Å².